The lowest BCUT2D eigenvalue weighted by atomic mass is 10.3. The summed E-state index contributed by atoms with van der Waals surface area (Å²) >= 11 is 3.39. The van der Waals surface area contributed by atoms with Gasteiger partial charge in [-0.2, -0.15) is 0 Å². The number of nitrogens with zero attached hydrogens (tertiary/aromatic N) is 2. The normalized spacial score (nSPS) is 16.5. The zero-order valence-corrected chi connectivity index (χ0v) is 8.43. The van der Waals surface area contributed by atoms with Gasteiger partial charge in [0.1, 0.15) is 10.4 Å². The highest BCUT2D eigenvalue weighted by molar-refractivity contribution is 9.10. The van der Waals surface area contributed by atoms with E-state index in [0.29, 0.717) is 11.7 Å². The van der Waals surface area contributed by atoms with Crippen LogP contribution in [0.15, 0.2) is 4.60 Å². The van der Waals surface area contributed by atoms with Gasteiger partial charge in [-0.3, -0.25) is 0 Å². The Bertz CT molecular complexity index is 320. The molecule has 64 valence electrons. The molecular weight excluding hydrogens is 218 g/mol. The Hall–Kier alpha value is -0.640. The molecule has 1 aromatic heterocycles. The fourth-order valence-electron chi connectivity index (χ4n) is 1.14. The number of hydrogen-bond donors (Lipinski definition) is 1. The first kappa shape index (κ1) is 7.98. The fourth-order valence-corrected chi connectivity index (χ4v) is 1.81. The van der Waals surface area contributed by atoms with Crippen molar-refractivity contribution in [2.75, 3.05) is 5.73 Å². The van der Waals surface area contributed by atoms with E-state index in [2.05, 4.69) is 25.9 Å². The first-order valence-electron chi connectivity index (χ1n) is 3.98. The Morgan fingerprint density at radius 1 is 1.42 bits per heavy atom. The van der Waals surface area contributed by atoms with Crippen molar-refractivity contribution in [3.05, 3.63) is 16.0 Å². The second-order valence-corrected chi connectivity index (χ2v) is 3.90. The molecule has 1 aliphatic rings. The van der Waals surface area contributed by atoms with Gasteiger partial charge in [0.25, 0.3) is 0 Å². The van der Waals surface area contributed by atoms with Crippen molar-refractivity contribution < 1.29 is 0 Å². The summed E-state index contributed by atoms with van der Waals surface area (Å²) in [5.74, 6) is 1.15. The van der Waals surface area contributed by atoms with Crippen LogP contribution in [0.4, 0.5) is 5.82 Å². The number of nitrogen functional groups attached to an aromatic ring is 1. The van der Waals surface area contributed by atoms with Gasteiger partial charge in [0.2, 0.25) is 0 Å². The first-order valence-corrected chi connectivity index (χ1v) is 4.77. The highest BCUT2D eigenvalue weighted by Gasteiger charge is 2.28. The Morgan fingerprint density at radius 2 is 2.08 bits per heavy atom. The second-order valence-electron chi connectivity index (χ2n) is 3.14. The van der Waals surface area contributed by atoms with E-state index >= 15 is 0 Å². The lowest BCUT2D eigenvalue weighted by Crippen LogP contribution is -2.01. The zero-order valence-electron chi connectivity index (χ0n) is 6.84. The standard InChI is InChI=1S/C8H10BrN3/c1-4-8(10)12-6(5-2-3-5)7(9)11-4/h5H,2-3H2,1H3,(H2,10,12). The molecule has 1 aromatic rings. The van der Waals surface area contributed by atoms with E-state index in [1.807, 2.05) is 6.92 Å². The third kappa shape index (κ3) is 1.31. The Balaban J connectivity index is 2.47. The summed E-state index contributed by atoms with van der Waals surface area (Å²) in [6.07, 6.45) is 2.44. The van der Waals surface area contributed by atoms with E-state index < -0.39 is 0 Å². The quantitative estimate of drug-likeness (QED) is 0.799. The van der Waals surface area contributed by atoms with Crippen LogP contribution in [0.25, 0.3) is 0 Å². The molecule has 1 fully saturated rings. The smallest absolute Gasteiger partial charge is 0.145 e. The molecule has 2 rings (SSSR count). The van der Waals surface area contributed by atoms with E-state index in [1.165, 1.54) is 12.8 Å². The molecule has 0 amide bonds. The fraction of sp³-hybridized carbons (Fsp3) is 0.500. The van der Waals surface area contributed by atoms with Crippen molar-refractivity contribution in [3.63, 3.8) is 0 Å². The van der Waals surface area contributed by atoms with Crippen molar-refractivity contribution >= 4 is 21.7 Å². The van der Waals surface area contributed by atoms with Gasteiger partial charge in [-0.05, 0) is 35.7 Å². The third-order valence-electron chi connectivity index (χ3n) is 2.05. The van der Waals surface area contributed by atoms with Crippen LogP contribution in [-0.4, -0.2) is 9.97 Å². The molecule has 0 atom stereocenters. The average Bonchev–Trinajstić information content (AvgIpc) is 2.79. The Kier molecular flexibility index (Phi) is 1.79. The van der Waals surface area contributed by atoms with Crippen LogP contribution >= 0.6 is 15.9 Å². The number of nitrogens with two attached hydrogens (primary N) is 1. The van der Waals surface area contributed by atoms with Gasteiger partial charge in [0.05, 0.1) is 11.4 Å². The molecule has 0 unspecified atom stereocenters. The predicted octanol–water partition coefficient (Wildman–Crippen LogP) is 2.01. The average molecular weight is 228 g/mol. The van der Waals surface area contributed by atoms with Crippen molar-refractivity contribution in [1.82, 2.24) is 9.97 Å². The molecular formula is C8H10BrN3. The van der Waals surface area contributed by atoms with Gasteiger partial charge in [0, 0.05) is 5.92 Å². The summed E-state index contributed by atoms with van der Waals surface area (Å²) in [5, 5.41) is 0. The zero-order chi connectivity index (χ0) is 8.72. The molecule has 4 heteroatoms. The summed E-state index contributed by atoms with van der Waals surface area (Å²) in [5.41, 5.74) is 7.48. The first-order chi connectivity index (χ1) is 5.68. The minimum atomic E-state index is 0.556. The molecule has 0 bridgehead atoms. The summed E-state index contributed by atoms with van der Waals surface area (Å²) in [6, 6.07) is 0. The largest absolute Gasteiger partial charge is 0.382 e. The topological polar surface area (TPSA) is 51.8 Å². The van der Waals surface area contributed by atoms with Gasteiger partial charge in [0.15, 0.2) is 0 Å². The van der Waals surface area contributed by atoms with E-state index in [9.17, 15) is 0 Å². The highest BCUT2D eigenvalue weighted by Crippen LogP contribution is 2.41. The molecule has 12 heavy (non-hydrogen) atoms. The molecule has 0 spiro atoms. The maximum absolute atomic E-state index is 5.66. The summed E-state index contributed by atoms with van der Waals surface area (Å²) in [6.45, 7) is 1.86. The lowest BCUT2D eigenvalue weighted by Gasteiger charge is -2.04. The second kappa shape index (κ2) is 2.69. The van der Waals surface area contributed by atoms with Gasteiger partial charge < -0.3 is 5.73 Å². The van der Waals surface area contributed by atoms with Gasteiger partial charge in [-0.25, -0.2) is 9.97 Å². The van der Waals surface area contributed by atoms with Crippen LogP contribution in [0.1, 0.15) is 30.1 Å². The Morgan fingerprint density at radius 3 is 2.67 bits per heavy atom. The molecule has 1 aliphatic carbocycles. The maximum Gasteiger partial charge on any atom is 0.145 e. The molecule has 0 radical (unpaired) electrons. The molecule has 1 saturated carbocycles. The number of rotatable bonds is 1. The predicted molar refractivity (Wildman–Crippen MR) is 50.9 cm³/mol. The van der Waals surface area contributed by atoms with Crippen LogP contribution in [0, 0.1) is 6.92 Å². The van der Waals surface area contributed by atoms with Crippen molar-refractivity contribution in [2.45, 2.75) is 25.7 Å². The maximum atomic E-state index is 5.66. The summed E-state index contributed by atoms with van der Waals surface area (Å²) in [4.78, 5) is 8.57. The number of aromatic nitrogens is 2. The summed E-state index contributed by atoms with van der Waals surface area (Å²) < 4.78 is 0.858. The van der Waals surface area contributed by atoms with Crippen LogP contribution < -0.4 is 5.73 Å². The molecule has 0 aliphatic heterocycles. The molecule has 1 heterocycles. The minimum Gasteiger partial charge on any atom is -0.382 e. The van der Waals surface area contributed by atoms with Crippen molar-refractivity contribution in [3.8, 4) is 0 Å². The molecule has 3 nitrogen and oxygen atoms in total. The van der Waals surface area contributed by atoms with Crippen LogP contribution in [0.3, 0.4) is 0 Å². The summed E-state index contributed by atoms with van der Waals surface area (Å²) in [7, 11) is 0. The van der Waals surface area contributed by atoms with Gasteiger partial charge in [-0.15, -0.1) is 0 Å². The van der Waals surface area contributed by atoms with Gasteiger partial charge in [-0.1, -0.05) is 0 Å². The SMILES string of the molecule is Cc1nc(Br)c(C2CC2)nc1N. The third-order valence-corrected chi connectivity index (χ3v) is 2.64. The van der Waals surface area contributed by atoms with E-state index in [1.54, 1.807) is 0 Å². The van der Waals surface area contributed by atoms with Gasteiger partial charge >= 0.3 is 0 Å². The number of hydrogen-bond acceptors (Lipinski definition) is 3. The number of aryl methyl sites for hydroxylation is 1. The van der Waals surface area contributed by atoms with E-state index in [4.69, 9.17) is 5.73 Å². The van der Waals surface area contributed by atoms with E-state index in [0.717, 1.165) is 16.0 Å². The highest BCUT2D eigenvalue weighted by atomic mass is 79.9. The molecule has 0 saturated heterocycles. The molecule has 2 N–H and O–H groups in total. The number of halogens is 1. The van der Waals surface area contributed by atoms with Crippen LogP contribution in [0.2, 0.25) is 0 Å². The number of anilines is 1. The lowest BCUT2D eigenvalue weighted by molar-refractivity contribution is 0.953. The minimum absolute atomic E-state index is 0.556. The van der Waals surface area contributed by atoms with E-state index in [-0.39, 0.29) is 0 Å². The van der Waals surface area contributed by atoms with Crippen molar-refractivity contribution in [2.24, 2.45) is 0 Å². The van der Waals surface area contributed by atoms with Crippen LogP contribution in [-0.2, 0) is 0 Å². The molecule has 0 aromatic carbocycles. The van der Waals surface area contributed by atoms with Crippen molar-refractivity contribution in [1.29, 1.82) is 0 Å². The monoisotopic (exact) mass is 227 g/mol. The van der Waals surface area contributed by atoms with Crippen LogP contribution in [0.5, 0.6) is 0 Å². The Labute approximate surface area is 79.5 Å².